The Bertz CT molecular complexity index is 538. The lowest BCUT2D eigenvalue weighted by atomic mass is 10.0. The molecule has 1 atom stereocenters. The van der Waals surface area contributed by atoms with Crippen molar-refractivity contribution in [1.82, 2.24) is 10.3 Å². The van der Waals surface area contributed by atoms with Gasteiger partial charge in [0, 0.05) is 0 Å². The lowest BCUT2D eigenvalue weighted by molar-refractivity contribution is 0.411. The second kappa shape index (κ2) is 4.98. The molecule has 3 rings (SSSR count). The lowest BCUT2D eigenvalue weighted by Gasteiger charge is -2.20. The van der Waals surface area contributed by atoms with Gasteiger partial charge in [-0.2, -0.15) is 0 Å². The number of thiazole rings is 1. The molecule has 3 heteroatoms. The van der Waals surface area contributed by atoms with E-state index in [1.807, 2.05) is 11.3 Å². The van der Waals surface area contributed by atoms with Crippen LogP contribution in [0, 0.1) is 0 Å². The number of fused-ring (bicyclic) bond motifs is 1. The molecule has 0 aliphatic carbocycles. The minimum absolute atomic E-state index is 0.485. The van der Waals surface area contributed by atoms with E-state index in [1.54, 1.807) is 0 Å². The van der Waals surface area contributed by atoms with Crippen molar-refractivity contribution in [3.05, 3.63) is 28.8 Å². The Morgan fingerprint density at radius 3 is 2.94 bits per heavy atom. The Balaban J connectivity index is 1.94. The molecule has 1 saturated heterocycles. The monoisotopic (exact) mass is 260 g/mol. The highest BCUT2D eigenvalue weighted by molar-refractivity contribution is 7.18. The van der Waals surface area contributed by atoms with Crippen LogP contribution in [-0.4, -0.2) is 11.5 Å². The fraction of sp³-hybridized carbons (Fsp3) is 0.533. The first-order valence-electron chi connectivity index (χ1n) is 6.88. The van der Waals surface area contributed by atoms with Gasteiger partial charge in [0.25, 0.3) is 0 Å². The number of nitrogens with one attached hydrogen (secondary N) is 1. The summed E-state index contributed by atoms with van der Waals surface area (Å²) in [6.45, 7) is 5.62. The zero-order valence-electron chi connectivity index (χ0n) is 11.1. The largest absolute Gasteiger partial charge is 0.308 e. The molecular formula is C15H20N2S. The molecule has 2 aromatic rings. The van der Waals surface area contributed by atoms with Crippen LogP contribution < -0.4 is 5.32 Å². The highest BCUT2D eigenvalue weighted by Crippen LogP contribution is 2.32. The number of hydrogen-bond donors (Lipinski definition) is 1. The van der Waals surface area contributed by atoms with Gasteiger partial charge in [0.2, 0.25) is 0 Å². The van der Waals surface area contributed by atoms with Gasteiger partial charge < -0.3 is 5.32 Å². The van der Waals surface area contributed by atoms with Gasteiger partial charge in [0.1, 0.15) is 5.01 Å². The molecule has 0 bridgehead atoms. The quantitative estimate of drug-likeness (QED) is 0.874. The summed E-state index contributed by atoms with van der Waals surface area (Å²) in [5.41, 5.74) is 2.57. The fourth-order valence-corrected chi connectivity index (χ4v) is 3.66. The van der Waals surface area contributed by atoms with E-state index in [0.717, 1.165) is 12.1 Å². The Morgan fingerprint density at radius 1 is 1.33 bits per heavy atom. The second-order valence-corrected chi connectivity index (χ2v) is 6.50. The molecule has 2 nitrogen and oxygen atoms in total. The molecule has 0 saturated carbocycles. The maximum atomic E-state index is 4.79. The Labute approximate surface area is 112 Å². The Morgan fingerprint density at radius 2 is 2.22 bits per heavy atom. The van der Waals surface area contributed by atoms with Gasteiger partial charge >= 0.3 is 0 Å². The van der Waals surface area contributed by atoms with Gasteiger partial charge in [-0.05, 0) is 43.0 Å². The predicted molar refractivity (Wildman–Crippen MR) is 78.3 cm³/mol. The molecule has 18 heavy (non-hydrogen) atoms. The van der Waals surface area contributed by atoms with E-state index in [9.17, 15) is 0 Å². The number of benzene rings is 1. The van der Waals surface area contributed by atoms with Crippen LogP contribution in [0.25, 0.3) is 10.2 Å². The van der Waals surface area contributed by atoms with Crippen LogP contribution in [0.5, 0.6) is 0 Å². The summed E-state index contributed by atoms with van der Waals surface area (Å²) < 4.78 is 1.34. The minimum atomic E-state index is 0.485. The summed E-state index contributed by atoms with van der Waals surface area (Å²) in [6.07, 6.45) is 3.86. The molecule has 1 unspecified atom stereocenters. The molecule has 0 amide bonds. The highest BCUT2D eigenvalue weighted by atomic mass is 32.1. The van der Waals surface area contributed by atoms with Gasteiger partial charge in [-0.1, -0.05) is 26.3 Å². The zero-order chi connectivity index (χ0) is 12.5. The van der Waals surface area contributed by atoms with Gasteiger partial charge in [0.05, 0.1) is 16.3 Å². The third-order valence-corrected chi connectivity index (χ3v) is 4.84. The first kappa shape index (κ1) is 12.1. The second-order valence-electron chi connectivity index (χ2n) is 5.44. The third-order valence-electron chi connectivity index (χ3n) is 3.70. The van der Waals surface area contributed by atoms with E-state index in [2.05, 4.69) is 37.4 Å². The van der Waals surface area contributed by atoms with Crippen molar-refractivity contribution in [1.29, 1.82) is 0 Å². The minimum Gasteiger partial charge on any atom is -0.308 e. The first-order valence-corrected chi connectivity index (χ1v) is 7.69. The van der Waals surface area contributed by atoms with Crippen molar-refractivity contribution < 1.29 is 0 Å². The van der Waals surface area contributed by atoms with E-state index in [0.29, 0.717) is 12.0 Å². The number of aromatic nitrogens is 1. The SMILES string of the molecule is CC(C)c1ccc2nc(C3CCCCN3)sc2c1. The molecule has 0 spiro atoms. The molecule has 1 fully saturated rings. The third kappa shape index (κ3) is 2.29. The van der Waals surface area contributed by atoms with Crippen molar-refractivity contribution in [2.75, 3.05) is 6.54 Å². The summed E-state index contributed by atoms with van der Waals surface area (Å²) in [5.74, 6) is 0.591. The van der Waals surface area contributed by atoms with Crippen LogP contribution in [0.2, 0.25) is 0 Å². The molecule has 1 aromatic carbocycles. The Hall–Kier alpha value is -0.930. The first-order chi connectivity index (χ1) is 8.74. The maximum Gasteiger partial charge on any atom is 0.111 e. The van der Waals surface area contributed by atoms with E-state index < -0.39 is 0 Å². The average Bonchev–Trinajstić information content (AvgIpc) is 2.82. The molecule has 0 radical (unpaired) electrons. The van der Waals surface area contributed by atoms with Crippen LogP contribution in [0.4, 0.5) is 0 Å². The maximum absolute atomic E-state index is 4.79. The molecule has 96 valence electrons. The number of piperidine rings is 1. The normalized spacial score (nSPS) is 20.7. The van der Waals surface area contributed by atoms with E-state index in [4.69, 9.17) is 4.98 Å². The molecule has 2 heterocycles. The topological polar surface area (TPSA) is 24.9 Å². The molecule has 1 aromatic heterocycles. The lowest BCUT2D eigenvalue weighted by Crippen LogP contribution is -2.26. The Kier molecular flexibility index (Phi) is 3.35. The van der Waals surface area contributed by atoms with Crippen molar-refractivity contribution in [3.8, 4) is 0 Å². The van der Waals surface area contributed by atoms with Gasteiger partial charge in [-0.3, -0.25) is 0 Å². The van der Waals surface area contributed by atoms with E-state index in [-0.39, 0.29) is 0 Å². The van der Waals surface area contributed by atoms with Gasteiger partial charge in [-0.15, -0.1) is 11.3 Å². The summed E-state index contributed by atoms with van der Waals surface area (Å²) in [6, 6.07) is 7.18. The number of rotatable bonds is 2. The molecule has 1 aliphatic heterocycles. The van der Waals surface area contributed by atoms with Gasteiger partial charge in [-0.25, -0.2) is 4.98 Å². The van der Waals surface area contributed by atoms with Crippen LogP contribution in [0.15, 0.2) is 18.2 Å². The molecule has 1 aliphatic rings. The van der Waals surface area contributed by atoms with Crippen LogP contribution >= 0.6 is 11.3 Å². The van der Waals surface area contributed by atoms with Crippen molar-refractivity contribution in [3.63, 3.8) is 0 Å². The summed E-state index contributed by atoms with van der Waals surface area (Å²) in [4.78, 5) is 4.79. The summed E-state index contributed by atoms with van der Waals surface area (Å²) in [7, 11) is 0. The molecule has 1 N–H and O–H groups in total. The highest BCUT2D eigenvalue weighted by Gasteiger charge is 2.18. The number of hydrogen-bond acceptors (Lipinski definition) is 3. The van der Waals surface area contributed by atoms with Crippen molar-refractivity contribution >= 4 is 21.6 Å². The zero-order valence-corrected chi connectivity index (χ0v) is 11.9. The van der Waals surface area contributed by atoms with Crippen LogP contribution in [0.1, 0.15) is 55.6 Å². The van der Waals surface area contributed by atoms with E-state index in [1.165, 1.54) is 34.5 Å². The molecular weight excluding hydrogens is 240 g/mol. The smallest absolute Gasteiger partial charge is 0.111 e. The van der Waals surface area contributed by atoms with E-state index >= 15 is 0 Å². The summed E-state index contributed by atoms with van der Waals surface area (Å²) >= 11 is 1.86. The van der Waals surface area contributed by atoms with Crippen molar-refractivity contribution in [2.24, 2.45) is 0 Å². The standard InChI is InChI=1S/C15H20N2S/c1-10(2)11-6-7-12-14(9-11)18-15(17-12)13-5-3-4-8-16-13/h6-7,9-10,13,16H,3-5,8H2,1-2H3. The summed E-state index contributed by atoms with van der Waals surface area (Å²) in [5, 5.41) is 4.85. The van der Waals surface area contributed by atoms with Crippen molar-refractivity contribution in [2.45, 2.75) is 45.1 Å². The predicted octanol–water partition coefficient (Wildman–Crippen LogP) is 4.23. The van der Waals surface area contributed by atoms with Gasteiger partial charge in [0.15, 0.2) is 0 Å². The average molecular weight is 260 g/mol. The van der Waals surface area contributed by atoms with Crippen LogP contribution in [0.3, 0.4) is 0 Å². The fourth-order valence-electron chi connectivity index (χ4n) is 2.53. The number of nitrogens with zero attached hydrogens (tertiary/aromatic N) is 1. The van der Waals surface area contributed by atoms with Crippen LogP contribution in [-0.2, 0) is 0 Å².